The van der Waals surface area contributed by atoms with Crippen LogP contribution in [0.4, 0.5) is 0 Å². The van der Waals surface area contributed by atoms with Crippen molar-refractivity contribution in [2.24, 2.45) is 0 Å². The summed E-state index contributed by atoms with van der Waals surface area (Å²) in [6.07, 6.45) is 2.23. The van der Waals surface area contributed by atoms with E-state index >= 15 is 0 Å². The summed E-state index contributed by atoms with van der Waals surface area (Å²) >= 11 is 0. The van der Waals surface area contributed by atoms with Crippen molar-refractivity contribution in [2.75, 3.05) is 33.2 Å². The van der Waals surface area contributed by atoms with E-state index in [9.17, 15) is 9.59 Å². The number of amides is 2. The molecule has 86 valence electrons. The maximum absolute atomic E-state index is 11.5. The van der Waals surface area contributed by atoms with Gasteiger partial charge in [-0.15, -0.1) is 0 Å². The van der Waals surface area contributed by atoms with E-state index in [-0.39, 0.29) is 11.8 Å². The Morgan fingerprint density at radius 2 is 2.40 bits per heavy atom. The molecule has 0 aromatic carbocycles. The molecule has 1 aliphatic heterocycles. The third kappa shape index (κ3) is 4.29. The highest BCUT2D eigenvalue weighted by molar-refractivity contribution is 5.78. The number of nitrogens with zero attached hydrogens (tertiary/aromatic N) is 1. The van der Waals surface area contributed by atoms with Crippen LogP contribution in [0.5, 0.6) is 0 Å². The lowest BCUT2D eigenvalue weighted by Gasteiger charge is -2.19. The molecule has 1 saturated heterocycles. The van der Waals surface area contributed by atoms with Gasteiger partial charge in [0.2, 0.25) is 11.8 Å². The molecule has 0 spiro atoms. The van der Waals surface area contributed by atoms with Crippen molar-refractivity contribution in [3.8, 4) is 0 Å². The number of carbonyl (C=O) groups excluding carboxylic acids is 2. The molecule has 1 aliphatic rings. The minimum Gasteiger partial charge on any atom is -0.359 e. The summed E-state index contributed by atoms with van der Waals surface area (Å²) in [6.45, 7) is 2.82. The van der Waals surface area contributed by atoms with E-state index in [1.54, 1.807) is 7.05 Å². The van der Waals surface area contributed by atoms with Gasteiger partial charge in [-0.05, 0) is 19.4 Å². The van der Waals surface area contributed by atoms with Gasteiger partial charge >= 0.3 is 0 Å². The molecule has 15 heavy (non-hydrogen) atoms. The van der Waals surface area contributed by atoms with Crippen LogP contribution < -0.4 is 10.6 Å². The number of rotatable bonds is 4. The van der Waals surface area contributed by atoms with Gasteiger partial charge in [-0.2, -0.15) is 0 Å². The van der Waals surface area contributed by atoms with Crippen molar-refractivity contribution in [3.05, 3.63) is 0 Å². The predicted octanol–water partition coefficient (Wildman–Crippen LogP) is -0.665. The van der Waals surface area contributed by atoms with Crippen molar-refractivity contribution in [1.82, 2.24) is 15.5 Å². The molecule has 2 N–H and O–H groups in total. The van der Waals surface area contributed by atoms with Gasteiger partial charge in [0.05, 0.1) is 6.54 Å². The fourth-order valence-electron chi connectivity index (χ4n) is 1.62. The Labute approximate surface area is 90.2 Å². The van der Waals surface area contributed by atoms with Gasteiger partial charge in [0, 0.05) is 26.6 Å². The molecule has 1 fully saturated rings. The van der Waals surface area contributed by atoms with Crippen molar-refractivity contribution in [1.29, 1.82) is 0 Å². The van der Waals surface area contributed by atoms with Crippen LogP contribution >= 0.6 is 0 Å². The van der Waals surface area contributed by atoms with Gasteiger partial charge in [0.25, 0.3) is 0 Å². The van der Waals surface area contributed by atoms with E-state index in [0.29, 0.717) is 19.5 Å². The Hall–Kier alpha value is -1.10. The smallest absolute Gasteiger partial charge is 0.236 e. The number of carbonyl (C=O) groups is 2. The maximum Gasteiger partial charge on any atom is 0.236 e. The van der Waals surface area contributed by atoms with Crippen LogP contribution in [-0.2, 0) is 9.59 Å². The number of hydrogen-bond acceptors (Lipinski definition) is 3. The zero-order valence-electron chi connectivity index (χ0n) is 9.21. The molecule has 1 rings (SSSR count). The Bertz CT molecular complexity index is 231. The molecule has 1 heterocycles. The highest BCUT2D eigenvalue weighted by Gasteiger charge is 2.15. The average Bonchev–Trinajstić information content (AvgIpc) is 2.44. The maximum atomic E-state index is 11.5. The molecule has 0 aromatic heterocycles. The molecule has 0 unspecified atom stereocenters. The first-order chi connectivity index (χ1) is 7.24. The zero-order valence-corrected chi connectivity index (χ0v) is 9.21. The topological polar surface area (TPSA) is 61.4 Å². The Morgan fingerprint density at radius 3 is 3.13 bits per heavy atom. The first kappa shape index (κ1) is 12.0. The van der Waals surface area contributed by atoms with Crippen molar-refractivity contribution in [2.45, 2.75) is 19.3 Å². The molecule has 0 atom stereocenters. The molecule has 2 amide bonds. The minimum absolute atomic E-state index is 0.0374. The van der Waals surface area contributed by atoms with Gasteiger partial charge in [-0.3, -0.25) is 9.59 Å². The van der Waals surface area contributed by atoms with Gasteiger partial charge in [-0.1, -0.05) is 0 Å². The predicted molar refractivity (Wildman–Crippen MR) is 57.4 cm³/mol. The minimum atomic E-state index is 0.0374. The van der Waals surface area contributed by atoms with E-state index in [1.165, 1.54) is 0 Å². The quantitative estimate of drug-likeness (QED) is 0.651. The third-order valence-electron chi connectivity index (χ3n) is 2.52. The summed E-state index contributed by atoms with van der Waals surface area (Å²) in [7, 11) is 1.63. The van der Waals surface area contributed by atoms with Crippen LogP contribution in [0.1, 0.15) is 19.3 Å². The second-order valence-electron chi connectivity index (χ2n) is 3.69. The molecule has 0 radical (unpaired) electrons. The first-order valence-electron chi connectivity index (χ1n) is 5.43. The van der Waals surface area contributed by atoms with E-state index in [2.05, 4.69) is 10.6 Å². The second kappa shape index (κ2) is 6.40. The average molecular weight is 213 g/mol. The van der Waals surface area contributed by atoms with E-state index in [4.69, 9.17) is 0 Å². The largest absolute Gasteiger partial charge is 0.359 e. The highest BCUT2D eigenvalue weighted by atomic mass is 16.2. The van der Waals surface area contributed by atoms with Gasteiger partial charge in [0.1, 0.15) is 0 Å². The van der Waals surface area contributed by atoms with E-state index in [0.717, 1.165) is 25.9 Å². The van der Waals surface area contributed by atoms with Crippen molar-refractivity contribution < 1.29 is 9.59 Å². The SMILES string of the molecule is CNC(=O)CCCN1CCCNCC1=O. The monoisotopic (exact) mass is 213 g/mol. The molecule has 5 nitrogen and oxygen atoms in total. The summed E-state index contributed by atoms with van der Waals surface area (Å²) in [5, 5.41) is 5.64. The lowest BCUT2D eigenvalue weighted by Crippen LogP contribution is -2.35. The standard InChI is InChI=1S/C10H19N3O2/c1-11-9(14)4-2-6-13-7-3-5-12-8-10(13)15/h12H,2-8H2,1H3,(H,11,14). The van der Waals surface area contributed by atoms with Crippen molar-refractivity contribution >= 4 is 11.8 Å². The van der Waals surface area contributed by atoms with Crippen LogP contribution in [-0.4, -0.2) is 49.9 Å². The van der Waals surface area contributed by atoms with Crippen LogP contribution in [0.2, 0.25) is 0 Å². The van der Waals surface area contributed by atoms with E-state index < -0.39 is 0 Å². The molecule has 0 bridgehead atoms. The lowest BCUT2D eigenvalue weighted by atomic mass is 10.2. The Balaban J connectivity index is 2.23. The summed E-state index contributed by atoms with van der Waals surface area (Å²) in [6, 6.07) is 0. The number of nitrogens with one attached hydrogen (secondary N) is 2. The Morgan fingerprint density at radius 1 is 1.60 bits per heavy atom. The van der Waals surface area contributed by atoms with Crippen LogP contribution in [0.3, 0.4) is 0 Å². The van der Waals surface area contributed by atoms with Crippen LogP contribution in [0, 0.1) is 0 Å². The normalized spacial score (nSPS) is 17.4. The number of hydrogen-bond donors (Lipinski definition) is 2. The van der Waals surface area contributed by atoms with Crippen LogP contribution in [0.25, 0.3) is 0 Å². The van der Waals surface area contributed by atoms with E-state index in [1.807, 2.05) is 4.90 Å². The molecule has 0 saturated carbocycles. The van der Waals surface area contributed by atoms with Crippen LogP contribution in [0.15, 0.2) is 0 Å². The van der Waals surface area contributed by atoms with Gasteiger partial charge < -0.3 is 15.5 Å². The summed E-state index contributed by atoms with van der Waals surface area (Å²) < 4.78 is 0. The first-order valence-corrected chi connectivity index (χ1v) is 5.43. The lowest BCUT2D eigenvalue weighted by molar-refractivity contribution is -0.130. The second-order valence-corrected chi connectivity index (χ2v) is 3.69. The Kier molecular flexibility index (Phi) is 5.10. The summed E-state index contributed by atoms with van der Waals surface area (Å²) in [5.74, 6) is 0.180. The zero-order chi connectivity index (χ0) is 11.1. The fourth-order valence-corrected chi connectivity index (χ4v) is 1.62. The molecular weight excluding hydrogens is 194 g/mol. The molecule has 5 heteroatoms. The molecule has 0 aliphatic carbocycles. The van der Waals surface area contributed by atoms with Crippen molar-refractivity contribution in [3.63, 3.8) is 0 Å². The summed E-state index contributed by atoms with van der Waals surface area (Å²) in [4.78, 5) is 24.3. The van der Waals surface area contributed by atoms with Gasteiger partial charge in [-0.25, -0.2) is 0 Å². The third-order valence-corrected chi connectivity index (χ3v) is 2.52. The highest BCUT2D eigenvalue weighted by Crippen LogP contribution is 2.00. The molecular formula is C10H19N3O2. The fraction of sp³-hybridized carbons (Fsp3) is 0.800. The van der Waals surface area contributed by atoms with Gasteiger partial charge in [0.15, 0.2) is 0 Å². The summed E-state index contributed by atoms with van der Waals surface area (Å²) in [5.41, 5.74) is 0. The molecule has 0 aromatic rings.